The van der Waals surface area contributed by atoms with Crippen molar-refractivity contribution in [3.63, 3.8) is 0 Å². The predicted octanol–water partition coefficient (Wildman–Crippen LogP) is -0.789. The van der Waals surface area contributed by atoms with Crippen molar-refractivity contribution < 1.29 is 19.5 Å². The van der Waals surface area contributed by atoms with Crippen molar-refractivity contribution in [3.05, 3.63) is 0 Å². The molecule has 5 N–H and O–H groups in total. The number of carboxylic acids is 1. The van der Waals surface area contributed by atoms with Gasteiger partial charge >= 0.3 is 5.97 Å². The molecule has 1 atom stereocenters. The Morgan fingerprint density at radius 3 is 2.42 bits per heavy atom. The number of amides is 2. The van der Waals surface area contributed by atoms with Crippen LogP contribution >= 0.6 is 0 Å². The molecular weight excluding hydrogens is 250 g/mol. The van der Waals surface area contributed by atoms with E-state index >= 15 is 0 Å². The minimum absolute atomic E-state index is 0.0186. The van der Waals surface area contributed by atoms with Crippen molar-refractivity contribution in [2.24, 2.45) is 11.1 Å². The highest BCUT2D eigenvalue weighted by molar-refractivity contribution is 5.87. The molecule has 7 nitrogen and oxygen atoms in total. The van der Waals surface area contributed by atoms with Crippen LogP contribution in [0.15, 0.2) is 0 Å². The molecule has 1 aliphatic heterocycles. The molecule has 2 amide bonds. The monoisotopic (exact) mass is 271 g/mol. The fourth-order valence-corrected chi connectivity index (χ4v) is 2.08. The van der Waals surface area contributed by atoms with Crippen molar-refractivity contribution in [1.29, 1.82) is 0 Å². The molecule has 0 saturated carbocycles. The van der Waals surface area contributed by atoms with Crippen molar-refractivity contribution in [2.45, 2.75) is 38.6 Å². The zero-order valence-corrected chi connectivity index (χ0v) is 11.1. The Morgan fingerprint density at radius 2 is 1.95 bits per heavy atom. The third kappa shape index (κ3) is 4.51. The molecule has 0 bridgehead atoms. The lowest BCUT2D eigenvalue weighted by molar-refractivity contribution is -0.144. The largest absolute Gasteiger partial charge is 0.480 e. The fourth-order valence-electron chi connectivity index (χ4n) is 2.08. The van der Waals surface area contributed by atoms with Crippen LogP contribution in [0.2, 0.25) is 0 Å². The van der Waals surface area contributed by atoms with E-state index in [0.29, 0.717) is 12.8 Å². The highest BCUT2D eigenvalue weighted by Gasteiger charge is 2.36. The number of nitrogens with one attached hydrogen (secondary N) is 2. The molecule has 7 heteroatoms. The highest BCUT2D eigenvalue weighted by Crippen LogP contribution is 2.28. The van der Waals surface area contributed by atoms with E-state index in [1.54, 1.807) is 0 Å². The predicted molar refractivity (Wildman–Crippen MR) is 68.2 cm³/mol. The van der Waals surface area contributed by atoms with Crippen molar-refractivity contribution in [2.75, 3.05) is 13.1 Å². The number of hydrogen-bond donors (Lipinski definition) is 4. The summed E-state index contributed by atoms with van der Waals surface area (Å²) in [7, 11) is 0. The van der Waals surface area contributed by atoms with Gasteiger partial charge in [0.15, 0.2) is 0 Å². The van der Waals surface area contributed by atoms with Crippen LogP contribution in [0.25, 0.3) is 0 Å². The number of piperidine rings is 1. The molecular formula is C12H21N3O4. The van der Waals surface area contributed by atoms with E-state index in [1.807, 2.05) is 6.92 Å². The van der Waals surface area contributed by atoms with Gasteiger partial charge in [-0.3, -0.25) is 9.59 Å². The van der Waals surface area contributed by atoms with Crippen LogP contribution in [0.1, 0.15) is 32.6 Å². The summed E-state index contributed by atoms with van der Waals surface area (Å²) in [4.78, 5) is 33.9. The molecule has 0 spiro atoms. The Morgan fingerprint density at radius 1 is 1.37 bits per heavy atom. The fraction of sp³-hybridized carbons (Fsp3) is 0.750. The van der Waals surface area contributed by atoms with E-state index < -0.39 is 23.3 Å². The van der Waals surface area contributed by atoms with Crippen LogP contribution in [-0.4, -0.2) is 42.0 Å². The zero-order chi connectivity index (χ0) is 14.5. The molecule has 0 aromatic heterocycles. The number of nitrogens with two attached hydrogens (primary N) is 1. The van der Waals surface area contributed by atoms with Crippen LogP contribution in [0.5, 0.6) is 0 Å². The van der Waals surface area contributed by atoms with E-state index in [-0.39, 0.29) is 18.7 Å². The van der Waals surface area contributed by atoms with Crippen LogP contribution in [0, 0.1) is 5.41 Å². The first-order chi connectivity index (χ1) is 8.85. The quantitative estimate of drug-likeness (QED) is 0.504. The van der Waals surface area contributed by atoms with Crippen LogP contribution < -0.4 is 16.4 Å². The summed E-state index contributed by atoms with van der Waals surface area (Å²) in [5.41, 5.74) is 4.44. The maximum Gasteiger partial charge on any atom is 0.326 e. The first-order valence-corrected chi connectivity index (χ1v) is 6.38. The van der Waals surface area contributed by atoms with Crippen molar-refractivity contribution in [3.8, 4) is 0 Å². The average molecular weight is 271 g/mol. The number of hydrogen-bond acceptors (Lipinski definition) is 4. The normalized spacial score (nSPS) is 19.4. The molecule has 0 aliphatic carbocycles. The maximum atomic E-state index is 12.2. The third-order valence-electron chi connectivity index (χ3n) is 3.54. The van der Waals surface area contributed by atoms with Gasteiger partial charge in [0.05, 0.1) is 0 Å². The van der Waals surface area contributed by atoms with Gasteiger partial charge in [0.2, 0.25) is 11.8 Å². The number of carboxylic acid groups (broad SMARTS) is 1. The molecule has 0 unspecified atom stereocenters. The van der Waals surface area contributed by atoms with Gasteiger partial charge in [0, 0.05) is 11.8 Å². The maximum absolute atomic E-state index is 12.2. The molecule has 1 saturated heterocycles. The Labute approximate surface area is 111 Å². The van der Waals surface area contributed by atoms with Crippen molar-refractivity contribution in [1.82, 2.24) is 10.6 Å². The summed E-state index contributed by atoms with van der Waals surface area (Å²) in [6, 6.07) is -1.06. The standard InChI is InChI=1S/C12H21N3O4/c1-12(4-6-14-7-5-12)11(19)15-8(10(17)18)2-3-9(13)16/h8,14H,2-7H2,1H3,(H2,13,16)(H,15,19)(H,17,18)/t8-/m1/s1. The van der Waals surface area contributed by atoms with Crippen LogP contribution in [-0.2, 0) is 14.4 Å². The zero-order valence-electron chi connectivity index (χ0n) is 11.1. The van der Waals surface area contributed by atoms with E-state index in [4.69, 9.17) is 10.8 Å². The van der Waals surface area contributed by atoms with Gasteiger partial charge in [-0.1, -0.05) is 6.92 Å². The van der Waals surface area contributed by atoms with Crippen LogP contribution in [0.4, 0.5) is 0 Å². The Bertz CT molecular complexity index is 364. The van der Waals surface area contributed by atoms with E-state index in [9.17, 15) is 14.4 Å². The minimum Gasteiger partial charge on any atom is -0.480 e. The second-order valence-corrected chi connectivity index (χ2v) is 5.18. The van der Waals surface area contributed by atoms with Gasteiger partial charge in [-0.15, -0.1) is 0 Å². The summed E-state index contributed by atoms with van der Waals surface area (Å²) in [5.74, 6) is -1.99. The number of primary amides is 1. The lowest BCUT2D eigenvalue weighted by atomic mass is 9.80. The van der Waals surface area contributed by atoms with Gasteiger partial charge in [0.1, 0.15) is 6.04 Å². The average Bonchev–Trinajstić information content (AvgIpc) is 2.34. The molecule has 1 heterocycles. The summed E-state index contributed by atoms with van der Waals surface area (Å²) in [6.45, 7) is 3.31. The van der Waals surface area contributed by atoms with Gasteiger partial charge in [-0.2, -0.15) is 0 Å². The van der Waals surface area contributed by atoms with Gasteiger partial charge < -0.3 is 21.5 Å². The molecule has 0 aromatic carbocycles. The second kappa shape index (κ2) is 6.51. The second-order valence-electron chi connectivity index (χ2n) is 5.18. The van der Waals surface area contributed by atoms with Gasteiger partial charge in [-0.05, 0) is 32.4 Å². The molecule has 0 radical (unpaired) electrons. The van der Waals surface area contributed by atoms with E-state index in [1.165, 1.54) is 0 Å². The Balaban J connectivity index is 2.59. The molecule has 1 aliphatic rings. The number of rotatable bonds is 6. The Kier molecular flexibility index (Phi) is 5.29. The van der Waals surface area contributed by atoms with E-state index in [2.05, 4.69) is 10.6 Å². The summed E-state index contributed by atoms with van der Waals surface area (Å²) < 4.78 is 0. The molecule has 1 rings (SSSR count). The van der Waals surface area contributed by atoms with Gasteiger partial charge in [-0.25, -0.2) is 4.79 Å². The lowest BCUT2D eigenvalue weighted by Crippen LogP contribution is -2.51. The summed E-state index contributed by atoms with van der Waals surface area (Å²) >= 11 is 0. The first kappa shape index (κ1) is 15.4. The smallest absolute Gasteiger partial charge is 0.326 e. The van der Waals surface area contributed by atoms with E-state index in [0.717, 1.165) is 13.1 Å². The lowest BCUT2D eigenvalue weighted by Gasteiger charge is -2.33. The highest BCUT2D eigenvalue weighted by atomic mass is 16.4. The number of carbonyl (C=O) groups is 3. The molecule has 1 fully saturated rings. The van der Waals surface area contributed by atoms with Gasteiger partial charge in [0.25, 0.3) is 0 Å². The molecule has 0 aromatic rings. The van der Waals surface area contributed by atoms with Crippen molar-refractivity contribution >= 4 is 17.8 Å². The molecule has 19 heavy (non-hydrogen) atoms. The minimum atomic E-state index is -1.15. The summed E-state index contributed by atoms with van der Waals surface area (Å²) in [6.07, 6.45) is 1.29. The third-order valence-corrected chi connectivity index (χ3v) is 3.54. The number of carbonyl (C=O) groups excluding carboxylic acids is 2. The van der Waals surface area contributed by atoms with Crippen LogP contribution in [0.3, 0.4) is 0 Å². The topological polar surface area (TPSA) is 122 Å². The Hall–Kier alpha value is -1.63. The SMILES string of the molecule is CC1(C(=O)N[C@H](CCC(N)=O)C(=O)O)CCNCC1. The first-order valence-electron chi connectivity index (χ1n) is 6.38. The summed E-state index contributed by atoms with van der Waals surface area (Å²) in [5, 5.41) is 14.7. The number of aliphatic carboxylic acids is 1. The molecule has 108 valence electrons.